The molecule has 1 fully saturated rings. The summed E-state index contributed by atoms with van der Waals surface area (Å²) in [6.07, 6.45) is 1.12. The fraction of sp³-hybridized carbons (Fsp3) is 0.417. The first-order chi connectivity index (χ1) is 7.99. The molecule has 2 atom stereocenters. The van der Waals surface area contributed by atoms with Crippen LogP contribution in [0.2, 0.25) is 0 Å². The molecule has 0 bridgehead atoms. The van der Waals surface area contributed by atoms with Gasteiger partial charge in [-0.05, 0) is 31.9 Å². The summed E-state index contributed by atoms with van der Waals surface area (Å²) < 4.78 is 17.0. The molecule has 0 radical (unpaired) electrons. The van der Waals surface area contributed by atoms with E-state index in [4.69, 9.17) is 14.9 Å². The van der Waals surface area contributed by atoms with Crippen LogP contribution in [0.15, 0.2) is 24.3 Å². The molecule has 1 heterocycles. The first kappa shape index (κ1) is 13.4. The number of carboxylic acids is 1. The quantitative estimate of drug-likeness (QED) is 0.792. The van der Waals surface area contributed by atoms with Crippen molar-refractivity contribution in [2.45, 2.75) is 32.0 Å². The van der Waals surface area contributed by atoms with Gasteiger partial charge in [-0.25, -0.2) is 9.18 Å². The summed E-state index contributed by atoms with van der Waals surface area (Å²) in [5.74, 6) is -1.28. The third-order valence-electron chi connectivity index (χ3n) is 2.32. The first-order valence-corrected chi connectivity index (χ1v) is 5.32. The number of aliphatic carboxylic acids is 1. The van der Waals surface area contributed by atoms with E-state index in [2.05, 4.69) is 0 Å². The summed E-state index contributed by atoms with van der Waals surface area (Å²) in [5.41, 5.74) is 0. The fourth-order valence-electron chi connectivity index (χ4n) is 1.46. The molecule has 0 amide bonds. The Hall–Kier alpha value is -1.62. The van der Waals surface area contributed by atoms with Gasteiger partial charge in [0, 0.05) is 6.07 Å². The van der Waals surface area contributed by atoms with Crippen LogP contribution in [0.4, 0.5) is 4.39 Å². The van der Waals surface area contributed by atoms with Gasteiger partial charge in [-0.2, -0.15) is 0 Å². The van der Waals surface area contributed by atoms with Crippen LogP contribution in [-0.4, -0.2) is 28.4 Å². The summed E-state index contributed by atoms with van der Waals surface area (Å²) in [7, 11) is 0. The fourth-order valence-corrected chi connectivity index (χ4v) is 1.46. The Morgan fingerprint density at radius 1 is 1.47 bits per heavy atom. The van der Waals surface area contributed by atoms with Crippen molar-refractivity contribution in [3.63, 3.8) is 0 Å². The van der Waals surface area contributed by atoms with Gasteiger partial charge in [0.1, 0.15) is 11.6 Å². The van der Waals surface area contributed by atoms with E-state index in [-0.39, 0.29) is 11.9 Å². The van der Waals surface area contributed by atoms with E-state index in [9.17, 15) is 9.18 Å². The first-order valence-electron chi connectivity index (χ1n) is 5.32. The van der Waals surface area contributed by atoms with Crippen LogP contribution in [0, 0.1) is 5.82 Å². The van der Waals surface area contributed by atoms with E-state index in [0.29, 0.717) is 6.42 Å². The number of hydrogen-bond donors (Lipinski definition) is 2. The molecule has 1 unspecified atom stereocenters. The maximum absolute atomic E-state index is 12.0. The number of rotatable bonds is 1. The third-order valence-corrected chi connectivity index (χ3v) is 2.32. The number of ether oxygens (including phenoxy) is 1. The number of phenolic OH excluding ortho intramolecular Hbond substituents is 1. The smallest absolute Gasteiger partial charge is 0.332 e. The van der Waals surface area contributed by atoms with Crippen LogP contribution in [0.5, 0.6) is 5.75 Å². The molecule has 17 heavy (non-hydrogen) atoms. The van der Waals surface area contributed by atoms with Gasteiger partial charge in [-0.15, -0.1) is 0 Å². The lowest BCUT2D eigenvalue weighted by molar-refractivity contribution is -0.149. The number of halogens is 1. The van der Waals surface area contributed by atoms with Gasteiger partial charge < -0.3 is 14.9 Å². The molecular formula is C12H15FO4. The largest absolute Gasteiger partial charge is 0.508 e. The second kappa shape index (κ2) is 6.20. The van der Waals surface area contributed by atoms with Crippen molar-refractivity contribution < 1.29 is 24.1 Å². The van der Waals surface area contributed by atoms with Crippen LogP contribution < -0.4 is 0 Å². The third kappa shape index (κ3) is 4.82. The van der Waals surface area contributed by atoms with E-state index in [1.54, 1.807) is 0 Å². The minimum absolute atomic E-state index is 0.0370. The van der Waals surface area contributed by atoms with Gasteiger partial charge in [0.25, 0.3) is 0 Å². The van der Waals surface area contributed by atoms with Crippen molar-refractivity contribution in [3.8, 4) is 5.75 Å². The van der Waals surface area contributed by atoms with Crippen LogP contribution in [0.3, 0.4) is 0 Å². The van der Waals surface area contributed by atoms with Gasteiger partial charge in [0.15, 0.2) is 6.10 Å². The zero-order valence-electron chi connectivity index (χ0n) is 9.47. The maximum atomic E-state index is 12.0. The molecule has 1 aromatic rings. The van der Waals surface area contributed by atoms with Crippen molar-refractivity contribution in [1.82, 2.24) is 0 Å². The highest BCUT2D eigenvalue weighted by Gasteiger charge is 2.27. The van der Waals surface area contributed by atoms with E-state index in [1.807, 2.05) is 6.92 Å². The van der Waals surface area contributed by atoms with Crippen LogP contribution >= 0.6 is 0 Å². The molecule has 1 aromatic carbocycles. The van der Waals surface area contributed by atoms with Crippen LogP contribution in [0.25, 0.3) is 0 Å². The molecule has 1 aliphatic heterocycles. The Morgan fingerprint density at radius 2 is 2.18 bits per heavy atom. The molecule has 0 saturated carbocycles. The summed E-state index contributed by atoms with van der Waals surface area (Å²) in [5, 5.41) is 17.0. The number of phenols is 1. The lowest BCUT2D eigenvalue weighted by Crippen LogP contribution is -2.19. The Kier molecular flexibility index (Phi) is 4.90. The minimum Gasteiger partial charge on any atom is -0.508 e. The number of aromatic hydroxyl groups is 1. The van der Waals surface area contributed by atoms with E-state index in [1.165, 1.54) is 18.2 Å². The molecule has 5 heteroatoms. The Labute approximate surface area is 98.7 Å². The molecule has 1 aliphatic rings. The highest BCUT2D eigenvalue weighted by molar-refractivity contribution is 5.72. The topological polar surface area (TPSA) is 66.8 Å². The van der Waals surface area contributed by atoms with Gasteiger partial charge in [0.05, 0.1) is 6.10 Å². The highest BCUT2D eigenvalue weighted by atomic mass is 19.1. The molecule has 0 spiro atoms. The summed E-state index contributed by atoms with van der Waals surface area (Å²) >= 11 is 0. The zero-order chi connectivity index (χ0) is 12.8. The van der Waals surface area contributed by atoms with Crippen molar-refractivity contribution in [3.05, 3.63) is 30.1 Å². The predicted octanol–water partition coefficient (Wildman–Crippen LogP) is 2.17. The van der Waals surface area contributed by atoms with Crippen molar-refractivity contribution >= 4 is 5.97 Å². The minimum atomic E-state index is -0.834. The zero-order valence-corrected chi connectivity index (χ0v) is 9.47. The lowest BCUT2D eigenvalue weighted by Gasteiger charge is -2.03. The summed E-state index contributed by atoms with van der Waals surface area (Å²) in [6, 6.07) is 5.20. The monoisotopic (exact) mass is 242 g/mol. The van der Waals surface area contributed by atoms with Gasteiger partial charge in [0.2, 0.25) is 0 Å². The summed E-state index contributed by atoms with van der Waals surface area (Å²) in [6.45, 7) is 1.89. The number of carboxylic acid groups (broad SMARTS) is 1. The normalized spacial score (nSPS) is 22.7. The molecule has 94 valence electrons. The van der Waals surface area contributed by atoms with Crippen LogP contribution in [0.1, 0.15) is 19.8 Å². The standard InChI is InChI=1S/C6H5FO.C6H10O3/c7-5-2-1-3-6(8)4-5;1-4-2-3-5(9-4)6(7)8/h1-4,8H;4-5H,2-3H2,1H3,(H,7,8)/t;4?,5-/m.1/s1. The van der Waals surface area contributed by atoms with Gasteiger partial charge in [-0.1, -0.05) is 6.07 Å². The molecule has 0 aromatic heterocycles. The second-order valence-corrected chi connectivity index (χ2v) is 3.83. The Bertz CT molecular complexity index is 363. The number of carbonyl (C=O) groups is 1. The number of benzene rings is 1. The average Bonchev–Trinajstić information content (AvgIpc) is 2.65. The van der Waals surface area contributed by atoms with Crippen molar-refractivity contribution in [2.24, 2.45) is 0 Å². The molecule has 2 N–H and O–H groups in total. The molecule has 4 nitrogen and oxygen atoms in total. The van der Waals surface area contributed by atoms with Crippen molar-refractivity contribution in [2.75, 3.05) is 0 Å². The van der Waals surface area contributed by atoms with E-state index in [0.717, 1.165) is 12.5 Å². The SMILES string of the molecule is CC1CC[C@H](C(=O)O)O1.Oc1cccc(F)c1. The molecular weight excluding hydrogens is 227 g/mol. The molecule has 0 aliphatic carbocycles. The Balaban J connectivity index is 0.000000171. The second-order valence-electron chi connectivity index (χ2n) is 3.83. The summed E-state index contributed by atoms with van der Waals surface area (Å²) in [4.78, 5) is 10.2. The maximum Gasteiger partial charge on any atom is 0.332 e. The van der Waals surface area contributed by atoms with Gasteiger partial charge >= 0.3 is 5.97 Å². The van der Waals surface area contributed by atoms with E-state index < -0.39 is 17.9 Å². The van der Waals surface area contributed by atoms with E-state index >= 15 is 0 Å². The highest BCUT2D eigenvalue weighted by Crippen LogP contribution is 2.18. The predicted molar refractivity (Wildman–Crippen MR) is 59.3 cm³/mol. The van der Waals surface area contributed by atoms with Crippen molar-refractivity contribution in [1.29, 1.82) is 0 Å². The number of hydrogen-bond acceptors (Lipinski definition) is 3. The average molecular weight is 242 g/mol. The van der Waals surface area contributed by atoms with Crippen LogP contribution in [-0.2, 0) is 9.53 Å². The Morgan fingerprint density at radius 3 is 2.47 bits per heavy atom. The lowest BCUT2D eigenvalue weighted by atomic mass is 10.2. The van der Waals surface area contributed by atoms with Gasteiger partial charge in [-0.3, -0.25) is 0 Å². The molecule has 1 saturated heterocycles. The molecule has 2 rings (SSSR count).